The fourth-order valence-electron chi connectivity index (χ4n) is 2.82. The zero-order valence-electron chi connectivity index (χ0n) is 10.1. The van der Waals surface area contributed by atoms with Crippen LogP contribution in [-0.4, -0.2) is 48.4 Å². The van der Waals surface area contributed by atoms with E-state index < -0.39 is 0 Å². The average molecular weight is 254 g/mol. The van der Waals surface area contributed by atoms with Gasteiger partial charge in [0.05, 0.1) is 24.9 Å². The number of rotatable bonds is 3. The third kappa shape index (κ3) is 2.38. The number of hydrogen-bond donors (Lipinski definition) is 0. The molecule has 2 fully saturated rings. The summed E-state index contributed by atoms with van der Waals surface area (Å²) in [6.45, 7) is 3.84. The van der Waals surface area contributed by atoms with E-state index >= 15 is 0 Å². The van der Waals surface area contributed by atoms with Gasteiger partial charge in [-0.25, -0.2) is 4.98 Å². The van der Waals surface area contributed by atoms with Crippen LogP contribution >= 0.6 is 11.3 Å². The molecule has 0 bridgehead atoms. The normalized spacial score (nSPS) is 33.8. The van der Waals surface area contributed by atoms with Gasteiger partial charge in [0, 0.05) is 38.2 Å². The largest absolute Gasteiger partial charge is 0.379 e. The molecule has 5 heteroatoms. The summed E-state index contributed by atoms with van der Waals surface area (Å²) in [6.07, 6.45) is 4.32. The first-order valence-corrected chi connectivity index (χ1v) is 6.95. The Labute approximate surface area is 106 Å². The van der Waals surface area contributed by atoms with E-state index in [9.17, 15) is 0 Å². The molecule has 1 aromatic heterocycles. The molecule has 2 unspecified atom stereocenters. The summed E-state index contributed by atoms with van der Waals surface area (Å²) in [7, 11) is 1.77. The average Bonchev–Trinajstić information content (AvgIpc) is 3.03. The zero-order valence-corrected chi connectivity index (χ0v) is 10.9. The van der Waals surface area contributed by atoms with Crippen LogP contribution in [-0.2, 0) is 16.0 Å². The monoisotopic (exact) mass is 254 g/mol. The number of methoxy groups -OCH3 is 1. The van der Waals surface area contributed by atoms with Crippen molar-refractivity contribution in [2.45, 2.75) is 31.1 Å². The van der Waals surface area contributed by atoms with Gasteiger partial charge >= 0.3 is 0 Å². The Morgan fingerprint density at radius 1 is 1.71 bits per heavy atom. The quantitative estimate of drug-likeness (QED) is 0.819. The van der Waals surface area contributed by atoms with E-state index in [0.29, 0.717) is 0 Å². The van der Waals surface area contributed by atoms with E-state index in [1.807, 2.05) is 11.6 Å². The van der Waals surface area contributed by atoms with Crippen LogP contribution in [0.15, 0.2) is 11.6 Å². The van der Waals surface area contributed by atoms with Crippen molar-refractivity contribution in [3.8, 4) is 0 Å². The van der Waals surface area contributed by atoms with E-state index in [1.165, 1.54) is 5.01 Å². The molecule has 17 heavy (non-hydrogen) atoms. The number of likely N-dealkylation sites (tertiary alicyclic amines) is 1. The first-order chi connectivity index (χ1) is 8.30. The van der Waals surface area contributed by atoms with Gasteiger partial charge in [0.25, 0.3) is 0 Å². The molecule has 1 aromatic rings. The van der Waals surface area contributed by atoms with E-state index in [2.05, 4.69) is 9.88 Å². The Kier molecular flexibility index (Phi) is 3.17. The summed E-state index contributed by atoms with van der Waals surface area (Å²) in [4.78, 5) is 6.78. The lowest BCUT2D eigenvalue weighted by Crippen LogP contribution is -2.32. The summed E-state index contributed by atoms with van der Waals surface area (Å²) < 4.78 is 11.4. The van der Waals surface area contributed by atoms with Gasteiger partial charge in [0.2, 0.25) is 0 Å². The third-order valence-corrected chi connectivity index (χ3v) is 4.51. The minimum atomic E-state index is 0.0535. The van der Waals surface area contributed by atoms with Crippen molar-refractivity contribution in [2.24, 2.45) is 0 Å². The summed E-state index contributed by atoms with van der Waals surface area (Å²) in [5.41, 5.74) is 0.0535. The molecule has 2 aliphatic heterocycles. The maximum Gasteiger partial charge on any atom is 0.107 e. The molecule has 2 aliphatic rings. The Morgan fingerprint density at radius 2 is 2.65 bits per heavy atom. The van der Waals surface area contributed by atoms with Crippen LogP contribution < -0.4 is 0 Å². The summed E-state index contributed by atoms with van der Waals surface area (Å²) in [6, 6.07) is 0. The van der Waals surface area contributed by atoms with E-state index in [-0.39, 0.29) is 11.7 Å². The van der Waals surface area contributed by atoms with Crippen LogP contribution in [0, 0.1) is 0 Å². The van der Waals surface area contributed by atoms with Gasteiger partial charge < -0.3 is 9.47 Å². The highest BCUT2D eigenvalue weighted by molar-refractivity contribution is 7.09. The van der Waals surface area contributed by atoms with Gasteiger partial charge in [-0.3, -0.25) is 4.90 Å². The predicted octanol–water partition coefficient (Wildman–Crippen LogP) is 1.52. The number of thiazole rings is 1. The minimum Gasteiger partial charge on any atom is -0.379 e. The molecule has 4 nitrogen and oxygen atoms in total. The maximum atomic E-state index is 5.97. The number of nitrogens with zero attached hydrogens (tertiary/aromatic N) is 2. The number of aromatic nitrogens is 1. The van der Waals surface area contributed by atoms with E-state index in [0.717, 1.165) is 39.1 Å². The molecule has 3 rings (SSSR count). The van der Waals surface area contributed by atoms with Crippen LogP contribution in [0.5, 0.6) is 0 Å². The van der Waals surface area contributed by atoms with Gasteiger partial charge in [0.15, 0.2) is 0 Å². The Morgan fingerprint density at radius 3 is 3.35 bits per heavy atom. The second kappa shape index (κ2) is 4.65. The Balaban J connectivity index is 1.58. The molecule has 2 atom stereocenters. The second-order valence-electron chi connectivity index (χ2n) is 4.94. The van der Waals surface area contributed by atoms with Crippen molar-refractivity contribution in [1.82, 2.24) is 9.88 Å². The molecule has 0 aromatic carbocycles. The van der Waals surface area contributed by atoms with Crippen LogP contribution in [0.3, 0.4) is 0 Å². The molecule has 94 valence electrons. The van der Waals surface area contributed by atoms with Gasteiger partial charge in [-0.05, 0) is 6.42 Å². The van der Waals surface area contributed by atoms with Crippen LogP contribution in [0.1, 0.15) is 17.8 Å². The molecule has 2 saturated heterocycles. The minimum absolute atomic E-state index is 0.0535. The number of hydrogen-bond acceptors (Lipinski definition) is 5. The summed E-state index contributed by atoms with van der Waals surface area (Å²) in [5.74, 6) is 0. The van der Waals surface area contributed by atoms with Crippen LogP contribution in [0.25, 0.3) is 0 Å². The SMILES string of the molecule is COC1COC2(CCN(Cc3nccs3)C2)C1. The highest BCUT2D eigenvalue weighted by atomic mass is 32.1. The second-order valence-corrected chi connectivity index (χ2v) is 5.92. The molecular weight excluding hydrogens is 236 g/mol. The Hall–Kier alpha value is -0.490. The Bertz CT molecular complexity index is 371. The van der Waals surface area contributed by atoms with Crippen molar-refractivity contribution in [2.75, 3.05) is 26.8 Å². The number of ether oxygens (including phenoxy) is 2. The lowest BCUT2D eigenvalue weighted by Gasteiger charge is -2.22. The lowest BCUT2D eigenvalue weighted by molar-refractivity contribution is 0.00633. The molecular formula is C12H18N2O2S. The molecule has 0 saturated carbocycles. The van der Waals surface area contributed by atoms with Gasteiger partial charge in [-0.15, -0.1) is 11.3 Å². The fraction of sp³-hybridized carbons (Fsp3) is 0.750. The van der Waals surface area contributed by atoms with Crippen molar-refractivity contribution >= 4 is 11.3 Å². The molecule has 0 radical (unpaired) electrons. The molecule has 0 N–H and O–H groups in total. The topological polar surface area (TPSA) is 34.6 Å². The predicted molar refractivity (Wildman–Crippen MR) is 66.1 cm³/mol. The fourth-order valence-corrected chi connectivity index (χ4v) is 3.48. The summed E-state index contributed by atoms with van der Waals surface area (Å²) >= 11 is 1.73. The van der Waals surface area contributed by atoms with Crippen molar-refractivity contribution in [1.29, 1.82) is 0 Å². The van der Waals surface area contributed by atoms with Crippen LogP contribution in [0.4, 0.5) is 0 Å². The summed E-state index contributed by atoms with van der Waals surface area (Å²) in [5, 5.41) is 3.23. The van der Waals surface area contributed by atoms with E-state index in [1.54, 1.807) is 18.4 Å². The highest BCUT2D eigenvalue weighted by Gasteiger charge is 2.45. The smallest absolute Gasteiger partial charge is 0.107 e. The molecule has 0 aliphatic carbocycles. The van der Waals surface area contributed by atoms with E-state index in [4.69, 9.17) is 9.47 Å². The molecule has 1 spiro atoms. The van der Waals surface area contributed by atoms with Crippen molar-refractivity contribution in [3.05, 3.63) is 16.6 Å². The third-order valence-electron chi connectivity index (χ3n) is 3.75. The molecule has 0 amide bonds. The highest BCUT2D eigenvalue weighted by Crippen LogP contribution is 2.36. The van der Waals surface area contributed by atoms with Crippen molar-refractivity contribution < 1.29 is 9.47 Å². The first kappa shape index (κ1) is 11.6. The lowest BCUT2D eigenvalue weighted by atomic mass is 9.98. The maximum absolute atomic E-state index is 5.97. The standard InChI is InChI=1S/C12H18N2O2S/c1-15-10-6-12(16-8-10)2-4-14(9-12)7-11-13-3-5-17-11/h3,5,10H,2,4,6-9H2,1H3. The molecule has 3 heterocycles. The van der Waals surface area contributed by atoms with Gasteiger partial charge in [-0.1, -0.05) is 0 Å². The van der Waals surface area contributed by atoms with Gasteiger partial charge in [-0.2, -0.15) is 0 Å². The van der Waals surface area contributed by atoms with Gasteiger partial charge in [0.1, 0.15) is 5.01 Å². The van der Waals surface area contributed by atoms with Crippen molar-refractivity contribution in [3.63, 3.8) is 0 Å². The zero-order chi connectivity index (χ0) is 11.7. The van der Waals surface area contributed by atoms with Crippen LogP contribution in [0.2, 0.25) is 0 Å². The first-order valence-electron chi connectivity index (χ1n) is 6.07.